The lowest BCUT2D eigenvalue weighted by Gasteiger charge is -2.22. The summed E-state index contributed by atoms with van der Waals surface area (Å²) in [5.74, 6) is 0.0126. The molecule has 0 aliphatic carbocycles. The minimum absolute atomic E-state index is 0. The van der Waals surface area contributed by atoms with Crippen LogP contribution in [0.5, 0.6) is 5.75 Å². The molecule has 0 amide bonds. The minimum Gasteiger partial charge on any atom is -0.433 e. The average Bonchev–Trinajstić information content (AvgIpc) is 2.75. The lowest BCUT2D eigenvalue weighted by molar-refractivity contribution is -0.0498. The number of benzene rings is 1. The largest absolute Gasteiger partial charge is 0.433 e. The molecule has 1 aromatic rings. The van der Waals surface area contributed by atoms with Gasteiger partial charge in [0.2, 0.25) is 0 Å². The van der Waals surface area contributed by atoms with Gasteiger partial charge in [-0.3, -0.25) is 4.90 Å². The van der Waals surface area contributed by atoms with Crippen LogP contribution in [0, 0.1) is 5.41 Å². The molecule has 1 unspecified atom stereocenters. The van der Waals surface area contributed by atoms with E-state index in [-0.39, 0.29) is 28.6 Å². The molecule has 0 spiro atoms. The molecule has 0 aromatic heterocycles. The molecule has 1 aliphatic rings. The number of halogens is 4. The molecule has 21 heavy (non-hydrogen) atoms. The van der Waals surface area contributed by atoms with Gasteiger partial charge < -0.3 is 10.5 Å². The second-order valence-corrected chi connectivity index (χ2v) is 6.03. The summed E-state index contributed by atoms with van der Waals surface area (Å²) in [6.07, 6.45) is 1.07. The van der Waals surface area contributed by atoms with Crippen molar-refractivity contribution in [3.8, 4) is 5.75 Å². The molecule has 2 N–H and O–H groups in total. The minimum atomic E-state index is -2.86. The summed E-state index contributed by atoms with van der Waals surface area (Å²) in [6.45, 7) is 2.66. The van der Waals surface area contributed by atoms with E-state index >= 15 is 0 Å². The molecule has 0 bridgehead atoms. The first-order valence-electron chi connectivity index (χ1n) is 6.57. The maximum atomic E-state index is 12.2. The van der Waals surface area contributed by atoms with Crippen molar-refractivity contribution in [2.75, 3.05) is 19.6 Å². The van der Waals surface area contributed by atoms with Crippen molar-refractivity contribution >= 4 is 24.0 Å². The van der Waals surface area contributed by atoms with Crippen LogP contribution in [0.2, 0.25) is 5.02 Å². The van der Waals surface area contributed by atoms with Gasteiger partial charge in [0.05, 0.1) is 5.02 Å². The lowest BCUT2D eigenvalue weighted by Crippen LogP contribution is -2.31. The van der Waals surface area contributed by atoms with Gasteiger partial charge >= 0.3 is 6.61 Å². The molecule has 1 fully saturated rings. The molecule has 3 nitrogen and oxygen atoms in total. The Bertz CT molecular complexity index is 476. The number of ether oxygens (including phenoxy) is 1. The molecule has 0 saturated carbocycles. The first-order valence-corrected chi connectivity index (χ1v) is 6.95. The quantitative estimate of drug-likeness (QED) is 0.890. The van der Waals surface area contributed by atoms with Gasteiger partial charge in [-0.1, -0.05) is 24.6 Å². The average molecular weight is 341 g/mol. The van der Waals surface area contributed by atoms with Gasteiger partial charge in [0.25, 0.3) is 0 Å². The predicted molar refractivity (Wildman–Crippen MR) is 82.4 cm³/mol. The van der Waals surface area contributed by atoms with Crippen LogP contribution in [-0.2, 0) is 6.54 Å². The van der Waals surface area contributed by atoms with Gasteiger partial charge in [0, 0.05) is 13.1 Å². The van der Waals surface area contributed by atoms with E-state index in [1.807, 2.05) is 0 Å². The fraction of sp³-hybridized carbons (Fsp3) is 0.571. The second kappa shape index (κ2) is 7.58. The van der Waals surface area contributed by atoms with Crippen LogP contribution in [-0.4, -0.2) is 31.1 Å². The van der Waals surface area contributed by atoms with Crippen molar-refractivity contribution in [2.45, 2.75) is 26.5 Å². The van der Waals surface area contributed by atoms with E-state index in [9.17, 15) is 8.78 Å². The lowest BCUT2D eigenvalue weighted by atomic mass is 9.90. The monoisotopic (exact) mass is 340 g/mol. The number of hydrogen-bond donors (Lipinski definition) is 1. The molecule has 7 heteroatoms. The molecule has 1 aliphatic heterocycles. The standard InChI is InChI=1S/C14H19ClF2N2O.ClH/c1-14(8-18)4-5-19(9-14)7-10-2-3-12(11(15)6-10)20-13(16)17;/h2-3,6,13H,4-5,7-9,18H2,1H3;1H. The van der Waals surface area contributed by atoms with Crippen LogP contribution in [0.1, 0.15) is 18.9 Å². The Kier molecular flexibility index (Phi) is 6.66. The molecule has 1 atom stereocenters. The predicted octanol–water partition coefficient (Wildman–Crippen LogP) is 3.53. The smallest absolute Gasteiger partial charge is 0.387 e. The summed E-state index contributed by atoms with van der Waals surface area (Å²) in [7, 11) is 0. The van der Waals surface area contributed by atoms with Gasteiger partial charge in [-0.25, -0.2) is 0 Å². The number of likely N-dealkylation sites (tertiary alicyclic amines) is 1. The van der Waals surface area contributed by atoms with Crippen LogP contribution in [0.4, 0.5) is 8.78 Å². The number of nitrogens with zero attached hydrogens (tertiary/aromatic N) is 1. The zero-order valence-corrected chi connectivity index (χ0v) is 13.4. The van der Waals surface area contributed by atoms with E-state index in [4.69, 9.17) is 17.3 Å². The Labute approximate surface area is 134 Å². The Morgan fingerprint density at radius 2 is 2.19 bits per heavy atom. The van der Waals surface area contributed by atoms with Crippen molar-refractivity contribution in [1.29, 1.82) is 0 Å². The summed E-state index contributed by atoms with van der Waals surface area (Å²) in [4.78, 5) is 2.30. The third kappa shape index (κ3) is 4.95. The van der Waals surface area contributed by atoms with Crippen LogP contribution in [0.3, 0.4) is 0 Å². The van der Waals surface area contributed by atoms with Crippen molar-refractivity contribution in [3.63, 3.8) is 0 Å². The highest BCUT2D eigenvalue weighted by atomic mass is 35.5. The zero-order valence-electron chi connectivity index (χ0n) is 11.8. The summed E-state index contributed by atoms with van der Waals surface area (Å²) >= 11 is 5.95. The van der Waals surface area contributed by atoms with Crippen LogP contribution in [0.25, 0.3) is 0 Å². The Hall–Kier alpha value is -0.620. The van der Waals surface area contributed by atoms with E-state index in [1.165, 1.54) is 6.07 Å². The number of alkyl halides is 2. The first kappa shape index (κ1) is 18.4. The molecule has 2 rings (SSSR count). The Morgan fingerprint density at radius 1 is 1.48 bits per heavy atom. The van der Waals surface area contributed by atoms with Gasteiger partial charge in [-0.15, -0.1) is 12.4 Å². The molecule has 1 heterocycles. The van der Waals surface area contributed by atoms with E-state index < -0.39 is 6.61 Å². The van der Waals surface area contributed by atoms with Gasteiger partial charge in [-0.2, -0.15) is 8.78 Å². The number of nitrogens with two attached hydrogens (primary N) is 1. The zero-order chi connectivity index (χ0) is 14.8. The van der Waals surface area contributed by atoms with Gasteiger partial charge in [0.15, 0.2) is 0 Å². The van der Waals surface area contributed by atoms with Crippen LogP contribution >= 0.6 is 24.0 Å². The van der Waals surface area contributed by atoms with Gasteiger partial charge in [0.1, 0.15) is 5.75 Å². The fourth-order valence-corrected chi connectivity index (χ4v) is 2.77. The molecular formula is C14H20Cl2F2N2O. The van der Waals surface area contributed by atoms with E-state index in [2.05, 4.69) is 16.6 Å². The Balaban J connectivity index is 0.00000220. The number of hydrogen-bond acceptors (Lipinski definition) is 3. The highest BCUT2D eigenvalue weighted by Gasteiger charge is 2.32. The maximum absolute atomic E-state index is 12.2. The third-order valence-corrected chi connectivity index (χ3v) is 4.04. The van der Waals surface area contributed by atoms with Crippen molar-refractivity contribution in [3.05, 3.63) is 28.8 Å². The molecule has 1 saturated heterocycles. The van der Waals surface area contributed by atoms with E-state index in [0.717, 1.165) is 31.6 Å². The summed E-state index contributed by atoms with van der Waals surface area (Å²) in [5.41, 5.74) is 6.93. The molecule has 0 radical (unpaired) electrons. The molecular weight excluding hydrogens is 321 g/mol. The SMILES string of the molecule is CC1(CN)CCN(Cc2ccc(OC(F)F)c(Cl)c2)C1.Cl. The van der Waals surface area contributed by atoms with Crippen LogP contribution in [0.15, 0.2) is 18.2 Å². The van der Waals surface area contributed by atoms with Crippen molar-refractivity contribution < 1.29 is 13.5 Å². The topological polar surface area (TPSA) is 38.5 Å². The van der Waals surface area contributed by atoms with E-state index in [0.29, 0.717) is 6.54 Å². The molecule has 120 valence electrons. The highest BCUT2D eigenvalue weighted by Crippen LogP contribution is 2.31. The third-order valence-electron chi connectivity index (χ3n) is 3.75. The maximum Gasteiger partial charge on any atom is 0.387 e. The van der Waals surface area contributed by atoms with Crippen LogP contribution < -0.4 is 10.5 Å². The molecule has 1 aromatic carbocycles. The van der Waals surface area contributed by atoms with Gasteiger partial charge in [-0.05, 0) is 42.6 Å². The van der Waals surface area contributed by atoms with Crippen molar-refractivity contribution in [1.82, 2.24) is 4.90 Å². The number of rotatable bonds is 5. The van der Waals surface area contributed by atoms with Crippen molar-refractivity contribution in [2.24, 2.45) is 11.1 Å². The summed E-state index contributed by atoms with van der Waals surface area (Å²) in [5, 5.41) is 0.212. The Morgan fingerprint density at radius 3 is 2.71 bits per heavy atom. The summed E-state index contributed by atoms with van der Waals surface area (Å²) < 4.78 is 28.6. The second-order valence-electron chi connectivity index (χ2n) is 5.62. The summed E-state index contributed by atoms with van der Waals surface area (Å²) in [6, 6.07) is 4.93. The van der Waals surface area contributed by atoms with E-state index in [1.54, 1.807) is 12.1 Å². The highest BCUT2D eigenvalue weighted by molar-refractivity contribution is 6.32. The fourth-order valence-electron chi connectivity index (χ4n) is 2.52. The normalized spacial score (nSPS) is 22.4. The first-order chi connectivity index (χ1) is 9.42.